The van der Waals surface area contributed by atoms with E-state index in [4.69, 9.17) is 4.74 Å². The number of carbonyl (C=O) groups excluding carboxylic acids is 2. The van der Waals surface area contributed by atoms with E-state index in [-0.39, 0.29) is 11.8 Å². The summed E-state index contributed by atoms with van der Waals surface area (Å²) in [5.41, 5.74) is 3.33. The van der Waals surface area contributed by atoms with Gasteiger partial charge < -0.3 is 14.5 Å². The second kappa shape index (κ2) is 8.82. The Kier molecular flexibility index (Phi) is 5.57. The van der Waals surface area contributed by atoms with Gasteiger partial charge >= 0.3 is 0 Å². The van der Waals surface area contributed by atoms with E-state index < -0.39 is 0 Å². The Balaban J connectivity index is 1.47. The van der Waals surface area contributed by atoms with Gasteiger partial charge in [-0.05, 0) is 29.8 Å². The molecule has 33 heavy (non-hydrogen) atoms. The molecule has 3 aromatic carbocycles. The van der Waals surface area contributed by atoms with Gasteiger partial charge in [-0.1, -0.05) is 60.7 Å². The van der Waals surface area contributed by atoms with Crippen LogP contribution < -0.4 is 14.5 Å². The third-order valence-electron chi connectivity index (χ3n) is 6.16. The third kappa shape index (κ3) is 3.74. The molecule has 0 unspecified atom stereocenters. The lowest BCUT2D eigenvalue weighted by Gasteiger charge is -2.38. The van der Waals surface area contributed by atoms with E-state index in [0.29, 0.717) is 30.0 Å². The predicted octanol–water partition coefficient (Wildman–Crippen LogP) is 3.80. The molecular formula is C27H25N3O3. The Labute approximate surface area is 193 Å². The molecule has 2 heterocycles. The zero-order chi connectivity index (χ0) is 22.8. The fraction of sp³-hybridized carbons (Fsp3) is 0.185. The van der Waals surface area contributed by atoms with Gasteiger partial charge in [-0.3, -0.25) is 9.59 Å². The summed E-state index contributed by atoms with van der Waals surface area (Å²) in [5, 5.41) is 0. The summed E-state index contributed by atoms with van der Waals surface area (Å²) < 4.78 is 5.52. The van der Waals surface area contributed by atoms with Crippen molar-refractivity contribution in [3.63, 3.8) is 0 Å². The average molecular weight is 440 g/mol. The van der Waals surface area contributed by atoms with Crippen molar-refractivity contribution in [1.29, 1.82) is 0 Å². The highest BCUT2D eigenvalue weighted by Gasteiger charge is 2.43. The first-order chi connectivity index (χ1) is 16.2. The Hall–Kier alpha value is -4.06. The Morgan fingerprint density at radius 2 is 1.24 bits per heavy atom. The Morgan fingerprint density at radius 1 is 0.667 bits per heavy atom. The van der Waals surface area contributed by atoms with E-state index in [0.717, 1.165) is 30.1 Å². The minimum atomic E-state index is -0.278. The van der Waals surface area contributed by atoms with Crippen LogP contribution in [0.5, 0.6) is 5.75 Å². The van der Waals surface area contributed by atoms with E-state index in [1.54, 1.807) is 19.2 Å². The van der Waals surface area contributed by atoms with Crippen molar-refractivity contribution in [1.82, 2.24) is 4.90 Å². The minimum absolute atomic E-state index is 0.268. The fourth-order valence-electron chi connectivity index (χ4n) is 4.55. The monoisotopic (exact) mass is 439 g/mol. The number of rotatable bonds is 5. The molecule has 5 rings (SSSR count). The molecule has 0 aliphatic carbocycles. The van der Waals surface area contributed by atoms with Crippen molar-refractivity contribution in [2.45, 2.75) is 0 Å². The van der Waals surface area contributed by atoms with Crippen LogP contribution >= 0.6 is 0 Å². The number of nitrogens with zero attached hydrogens (tertiary/aromatic N) is 3. The molecule has 0 bridgehead atoms. The lowest BCUT2D eigenvalue weighted by Crippen LogP contribution is -2.47. The topological polar surface area (TPSA) is 53.1 Å². The molecule has 0 aromatic heterocycles. The van der Waals surface area contributed by atoms with Gasteiger partial charge in [-0.25, -0.2) is 4.90 Å². The molecule has 166 valence electrons. The predicted molar refractivity (Wildman–Crippen MR) is 129 cm³/mol. The van der Waals surface area contributed by atoms with Gasteiger partial charge in [0, 0.05) is 26.2 Å². The van der Waals surface area contributed by atoms with E-state index in [1.807, 2.05) is 72.8 Å². The van der Waals surface area contributed by atoms with Crippen molar-refractivity contribution in [2.24, 2.45) is 0 Å². The first kappa shape index (κ1) is 20.8. The van der Waals surface area contributed by atoms with Crippen molar-refractivity contribution in [2.75, 3.05) is 43.1 Å². The highest BCUT2D eigenvalue weighted by Crippen LogP contribution is 2.36. The van der Waals surface area contributed by atoms with Crippen molar-refractivity contribution in [3.05, 3.63) is 96.2 Å². The molecule has 1 fully saturated rings. The first-order valence-electron chi connectivity index (χ1n) is 11.1. The SMILES string of the molecule is COc1ccccc1N1CCN(C2=C(c3ccccc3)C(=O)N(c3ccccc3)C2=O)CC1. The number of methoxy groups -OCH3 is 1. The van der Waals surface area contributed by atoms with E-state index in [2.05, 4.69) is 9.80 Å². The lowest BCUT2D eigenvalue weighted by molar-refractivity contribution is -0.120. The fourth-order valence-corrected chi connectivity index (χ4v) is 4.55. The van der Waals surface area contributed by atoms with Crippen LogP contribution in [-0.4, -0.2) is 50.0 Å². The summed E-state index contributed by atoms with van der Waals surface area (Å²) in [6, 6.07) is 26.5. The molecule has 2 aliphatic rings. The lowest BCUT2D eigenvalue weighted by atomic mass is 10.0. The standard InChI is InChI=1S/C27H25N3O3/c1-33-23-15-9-8-14-22(23)28-16-18-29(19-17-28)25-24(20-10-4-2-5-11-20)26(31)30(27(25)32)21-12-6-3-7-13-21/h2-15H,16-19H2,1H3. The normalized spacial score (nSPS) is 16.6. The molecule has 6 nitrogen and oxygen atoms in total. The second-order valence-corrected chi connectivity index (χ2v) is 8.02. The molecule has 6 heteroatoms. The number of ether oxygens (including phenoxy) is 1. The van der Waals surface area contributed by atoms with Crippen LogP contribution in [-0.2, 0) is 9.59 Å². The van der Waals surface area contributed by atoms with E-state index in [9.17, 15) is 9.59 Å². The summed E-state index contributed by atoms with van der Waals surface area (Å²) >= 11 is 0. The van der Waals surface area contributed by atoms with Gasteiger partial charge in [-0.15, -0.1) is 0 Å². The Morgan fingerprint density at radius 3 is 1.91 bits per heavy atom. The summed E-state index contributed by atoms with van der Waals surface area (Å²) in [5.74, 6) is 0.285. The van der Waals surface area contributed by atoms with Crippen LogP contribution in [0.15, 0.2) is 90.6 Å². The van der Waals surface area contributed by atoms with E-state index >= 15 is 0 Å². The van der Waals surface area contributed by atoms with Crippen molar-refractivity contribution in [3.8, 4) is 5.75 Å². The molecular weight excluding hydrogens is 414 g/mol. The zero-order valence-electron chi connectivity index (χ0n) is 18.5. The molecule has 3 aromatic rings. The number of anilines is 2. The second-order valence-electron chi connectivity index (χ2n) is 8.02. The van der Waals surface area contributed by atoms with Gasteiger partial charge in [0.25, 0.3) is 11.8 Å². The summed E-state index contributed by atoms with van der Waals surface area (Å²) in [7, 11) is 1.67. The van der Waals surface area contributed by atoms with Gasteiger partial charge in [-0.2, -0.15) is 0 Å². The number of carbonyl (C=O) groups is 2. The number of amides is 2. The molecule has 0 N–H and O–H groups in total. The molecule has 0 spiro atoms. The molecule has 1 saturated heterocycles. The molecule has 0 radical (unpaired) electrons. The molecule has 0 atom stereocenters. The number of benzene rings is 3. The summed E-state index contributed by atoms with van der Waals surface area (Å²) in [4.78, 5) is 32.8. The van der Waals surface area contributed by atoms with Crippen LogP contribution in [0, 0.1) is 0 Å². The highest BCUT2D eigenvalue weighted by molar-refractivity contribution is 6.45. The van der Waals surface area contributed by atoms with Crippen molar-refractivity contribution < 1.29 is 14.3 Å². The van der Waals surface area contributed by atoms with Crippen molar-refractivity contribution >= 4 is 28.8 Å². The van der Waals surface area contributed by atoms with Crippen LogP contribution in [0.1, 0.15) is 5.56 Å². The zero-order valence-corrected chi connectivity index (χ0v) is 18.5. The van der Waals surface area contributed by atoms with Crippen LogP contribution in [0.25, 0.3) is 5.57 Å². The minimum Gasteiger partial charge on any atom is -0.495 e. The van der Waals surface area contributed by atoms with Gasteiger partial charge in [0.2, 0.25) is 0 Å². The summed E-state index contributed by atoms with van der Waals surface area (Å²) in [6.45, 7) is 2.70. The smallest absolute Gasteiger partial charge is 0.282 e. The van der Waals surface area contributed by atoms with Gasteiger partial charge in [0.15, 0.2) is 0 Å². The first-order valence-corrected chi connectivity index (χ1v) is 11.1. The highest BCUT2D eigenvalue weighted by atomic mass is 16.5. The van der Waals surface area contributed by atoms with Crippen LogP contribution in [0.4, 0.5) is 11.4 Å². The molecule has 2 aliphatic heterocycles. The maximum Gasteiger partial charge on any atom is 0.282 e. The number of imide groups is 1. The number of piperazine rings is 1. The maximum atomic E-state index is 13.6. The maximum absolute atomic E-state index is 13.6. The molecule has 2 amide bonds. The number of para-hydroxylation sites is 3. The number of hydrogen-bond acceptors (Lipinski definition) is 5. The molecule has 0 saturated carbocycles. The average Bonchev–Trinajstić information content (AvgIpc) is 3.14. The third-order valence-corrected chi connectivity index (χ3v) is 6.16. The number of hydrogen-bond donors (Lipinski definition) is 0. The largest absolute Gasteiger partial charge is 0.495 e. The summed E-state index contributed by atoms with van der Waals surface area (Å²) in [6.07, 6.45) is 0. The van der Waals surface area contributed by atoms with Gasteiger partial charge in [0.05, 0.1) is 24.1 Å². The van der Waals surface area contributed by atoms with Crippen LogP contribution in [0.2, 0.25) is 0 Å². The van der Waals surface area contributed by atoms with Crippen LogP contribution in [0.3, 0.4) is 0 Å². The quantitative estimate of drug-likeness (QED) is 0.566. The van der Waals surface area contributed by atoms with Gasteiger partial charge in [0.1, 0.15) is 11.4 Å². The van der Waals surface area contributed by atoms with E-state index in [1.165, 1.54) is 4.90 Å². The Bertz CT molecular complexity index is 1200.